The fourth-order valence-electron chi connectivity index (χ4n) is 3.69. The van der Waals surface area contributed by atoms with Crippen molar-refractivity contribution in [2.45, 2.75) is 24.9 Å². The Kier molecular flexibility index (Phi) is 6.55. The molecule has 0 aliphatic carbocycles. The van der Waals surface area contributed by atoms with Gasteiger partial charge in [0.05, 0.1) is 13.2 Å². The van der Waals surface area contributed by atoms with Crippen molar-refractivity contribution >= 4 is 5.91 Å². The number of methoxy groups -OCH3 is 1. The van der Waals surface area contributed by atoms with Crippen LogP contribution in [0, 0.1) is 0 Å². The number of rotatable bonds is 8. The molecule has 0 saturated carbocycles. The first-order chi connectivity index (χ1) is 13.1. The van der Waals surface area contributed by atoms with Crippen molar-refractivity contribution in [2.24, 2.45) is 0 Å². The van der Waals surface area contributed by atoms with Crippen LogP contribution in [0.3, 0.4) is 0 Å². The molecule has 2 aromatic rings. The lowest BCUT2D eigenvalue weighted by atomic mass is 9.77. The molecule has 1 fully saturated rings. The van der Waals surface area contributed by atoms with Gasteiger partial charge in [0.1, 0.15) is 0 Å². The van der Waals surface area contributed by atoms with E-state index in [2.05, 4.69) is 34.6 Å². The zero-order valence-electron chi connectivity index (χ0n) is 15.8. The van der Waals surface area contributed by atoms with Gasteiger partial charge >= 0.3 is 0 Å². The number of hydrogen-bond donors (Lipinski definition) is 2. The van der Waals surface area contributed by atoms with Crippen molar-refractivity contribution in [3.05, 3.63) is 54.4 Å². The molecule has 3 atom stereocenters. The summed E-state index contributed by atoms with van der Waals surface area (Å²) in [5, 5.41) is 13.1. The molecule has 3 rings (SSSR count). The number of carbonyl (C=O) groups is 1. The van der Waals surface area contributed by atoms with Gasteiger partial charge in [0.2, 0.25) is 5.91 Å². The highest BCUT2D eigenvalue weighted by molar-refractivity contribution is 5.73. The molecule has 1 saturated heterocycles. The summed E-state index contributed by atoms with van der Waals surface area (Å²) in [6, 6.07) is 12.5. The number of pyridine rings is 1. The molecule has 144 valence electrons. The van der Waals surface area contributed by atoms with Crippen molar-refractivity contribution in [1.29, 1.82) is 0 Å². The van der Waals surface area contributed by atoms with E-state index in [4.69, 9.17) is 4.74 Å². The lowest BCUT2D eigenvalue weighted by Crippen LogP contribution is -2.65. The fourth-order valence-corrected chi connectivity index (χ4v) is 3.69. The minimum atomic E-state index is 0.00970. The molecule has 27 heavy (non-hydrogen) atoms. The number of hydrogen-bond acceptors (Lipinski definition) is 5. The molecule has 6 heteroatoms. The van der Waals surface area contributed by atoms with E-state index >= 15 is 0 Å². The first-order valence-corrected chi connectivity index (χ1v) is 9.25. The number of nitrogens with zero attached hydrogens (tertiary/aromatic N) is 2. The average Bonchev–Trinajstić information content (AvgIpc) is 2.68. The van der Waals surface area contributed by atoms with Gasteiger partial charge < -0.3 is 20.1 Å². The van der Waals surface area contributed by atoms with Gasteiger partial charge in [-0.3, -0.25) is 9.78 Å². The molecular weight excluding hydrogens is 342 g/mol. The van der Waals surface area contributed by atoms with Crippen molar-refractivity contribution in [3.63, 3.8) is 0 Å². The van der Waals surface area contributed by atoms with Crippen LogP contribution in [-0.4, -0.2) is 66.4 Å². The number of aromatic nitrogens is 1. The highest BCUT2D eigenvalue weighted by atomic mass is 16.5. The Hall–Kier alpha value is -2.28. The summed E-state index contributed by atoms with van der Waals surface area (Å²) in [6.45, 7) is 3.34. The first-order valence-electron chi connectivity index (χ1n) is 9.25. The Labute approximate surface area is 160 Å². The zero-order valence-corrected chi connectivity index (χ0v) is 15.8. The van der Waals surface area contributed by atoms with E-state index in [0.29, 0.717) is 19.7 Å². The van der Waals surface area contributed by atoms with Gasteiger partial charge in [0.15, 0.2) is 0 Å². The van der Waals surface area contributed by atoms with Crippen LogP contribution in [0.25, 0.3) is 11.1 Å². The number of nitrogens with one attached hydrogen (secondary N) is 1. The molecule has 1 amide bonds. The molecule has 2 heterocycles. The lowest BCUT2D eigenvalue weighted by Gasteiger charge is -2.47. The van der Waals surface area contributed by atoms with Crippen molar-refractivity contribution < 1.29 is 14.6 Å². The summed E-state index contributed by atoms with van der Waals surface area (Å²) >= 11 is 0. The average molecular weight is 369 g/mol. The number of ether oxygens (including phenoxy) is 1. The van der Waals surface area contributed by atoms with Gasteiger partial charge in [-0.15, -0.1) is 0 Å². The molecule has 1 aromatic heterocycles. The van der Waals surface area contributed by atoms with Gasteiger partial charge in [-0.1, -0.05) is 30.3 Å². The SMILES string of the molecule is COCCN(C[C@@H]1N[C@@H](CO)[C@H]1c1ccc(-c2cccnc2)cc1)C(C)=O. The summed E-state index contributed by atoms with van der Waals surface area (Å²) in [7, 11) is 1.63. The van der Waals surface area contributed by atoms with Crippen LogP contribution in [0.2, 0.25) is 0 Å². The van der Waals surface area contributed by atoms with Crippen LogP contribution >= 0.6 is 0 Å². The molecule has 0 bridgehead atoms. The van der Waals surface area contributed by atoms with E-state index in [1.54, 1.807) is 25.1 Å². The van der Waals surface area contributed by atoms with Crippen molar-refractivity contribution in [3.8, 4) is 11.1 Å². The number of aliphatic hydroxyl groups excluding tert-OH is 1. The highest BCUT2D eigenvalue weighted by Gasteiger charge is 2.41. The van der Waals surface area contributed by atoms with E-state index in [1.807, 2.05) is 18.3 Å². The Morgan fingerprint density at radius 1 is 1.22 bits per heavy atom. The Balaban J connectivity index is 1.73. The third kappa shape index (κ3) is 4.53. The number of amides is 1. The second kappa shape index (κ2) is 9.08. The summed E-state index contributed by atoms with van der Waals surface area (Å²) in [4.78, 5) is 17.9. The maximum absolute atomic E-state index is 11.9. The van der Waals surface area contributed by atoms with Crippen LogP contribution in [0.4, 0.5) is 0 Å². The topological polar surface area (TPSA) is 74.7 Å². The molecule has 1 aliphatic rings. The summed E-state index contributed by atoms with van der Waals surface area (Å²) < 4.78 is 5.11. The highest BCUT2D eigenvalue weighted by Crippen LogP contribution is 2.33. The van der Waals surface area contributed by atoms with Gasteiger partial charge in [-0.2, -0.15) is 0 Å². The maximum atomic E-state index is 11.9. The van der Waals surface area contributed by atoms with Crippen LogP contribution in [0.1, 0.15) is 18.4 Å². The summed E-state index contributed by atoms with van der Waals surface area (Å²) in [6.07, 6.45) is 3.61. The van der Waals surface area contributed by atoms with E-state index < -0.39 is 0 Å². The smallest absolute Gasteiger partial charge is 0.219 e. The molecule has 0 unspecified atom stereocenters. The maximum Gasteiger partial charge on any atom is 0.219 e. The number of benzene rings is 1. The molecule has 0 radical (unpaired) electrons. The van der Waals surface area contributed by atoms with E-state index in [-0.39, 0.29) is 30.5 Å². The quantitative estimate of drug-likeness (QED) is 0.740. The van der Waals surface area contributed by atoms with Gasteiger partial charge in [-0.05, 0) is 22.8 Å². The normalized spacial score (nSPS) is 21.5. The van der Waals surface area contributed by atoms with Gasteiger partial charge in [-0.25, -0.2) is 0 Å². The standard InChI is InChI=1S/C21H27N3O3/c1-15(26)24(10-11-27-2)13-19-21(20(14-25)23-19)17-7-5-16(6-8-17)18-4-3-9-22-12-18/h3-9,12,19-21,23,25H,10-11,13-14H2,1-2H3/t19-,20-,21-/m0/s1. The van der Waals surface area contributed by atoms with Crippen molar-refractivity contribution in [1.82, 2.24) is 15.2 Å². The fraction of sp³-hybridized carbons (Fsp3) is 0.429. The van der Waals surface area contributed by atoms with Crippen LogP contribution in [0.5, 0.6) is 0 Å². The van der Waals surface area contributed by atoms with Gasteiger partial charge in [0, 0.05) is 57.5 Å². The molecular formula is C21H27N3O3. The first kappa shape index (κ1) is 19.5. The molecule has 2 N–H and O–H groups in total. The monoisotopic (exact) mass is 369 g/mol. The zero-order chi connectivity index (χ0) is 19.2. The Bertz CT molecular complexity index is 736. The third-order valence-electron chi connectivity index (χ3n) is 5.21. The Morgan fingerprint density at radius 2 is 2.00 bits per heavy atom. The van der Waals surface area contributed by atoms with Crippen molar-refractivity contribution in [2.75, 3.05) is 33.4 Å². The summed E-state index contributed by atoms with van der Waals surface area (Å²) in [5.41, 5.74) is 3.36. The molecule has 1 aromatic carbocycles. The Morgan fingerprint density at radius 3 is 2.59 bits per heavy atom. The minimum absolute atomic E-state index is 0.00970. The third-order valence-corrected chi connectivity index (χ3v) is 5.21. The van der Waals surface area contributed by atoms with E-state index in [0.717, 1.165) is 11.1 Å². The van der Waals surface area contributed by atoms with Crippen LogP contribution in [0.15, 0.2) is 48.8 Å². The van der Waals surface area contributed by atoms with Crippen LogP contribution in [-0.2, 0) is 9.53 Å². The number of carbonyl (C=O) groups excluding carboxylic acids is 1. The minimum Gasteiger partial charge on any atom is -0.395 e. The van der Waals surface area contributed by atoms with E-state index in [9.17, 15) is 9.90 Å². The predicted molar refractivity (Wildman–Crippen MR) is 104 cm³/mol. The second-order valence-corrected chi connectivity index (χ2v) is 6.91. The summed E-state index contributed by atoms with van der Waals surface area (Å²) in [5.74, 6) is 0.203. The lowest BCUT2D eigenvalue weighted by molar-refractivity contribution is -0.130. The molecule has 1 aliphatic heterocycles. The largest absolute Gasteiger partial charge is 0.395 e. The second-order valence-electron chi connectivity index (χ2n) is 6.91. The molecule has 6 nitrogen and oxygen atoms in total. The number of aliphatic hydroxyl groups is 1. The predicted octanol–water partition coefficient (Wildman–Crippen LogP) is 1.66. The van der Waals surface area contributed by atoms with E-state index in [1.165, 1.54) is 5.56 Å². The molecule has 0 spiro atoms. The van der Waals surface area contributed by atoms with Crippen LogP contribution < -0.4 is 5.32 Å². The van der Waals surface area contributed by atoms with Gasteiger partial charge in [0.25, 0.3) is 0 Å².